The van der Waals surface area contributed by atoms with Crippen LogP contribution < -0.4 is 5.79 Å². The van der Waals surface area contributed by atoms with Crippen LogP contribution in [-0.4, -0.2) is 36.8 Å². The molecule has 0 aliphatic carbocycles. The fraction of sp³-hybridized carbons (Fsp3) is 0.833. The van der Waals surface area contributed by atoms with E-state index in [1.807, 2.05) is 5.79 Å². The van der Waals surface area contributed by atoms with Gasteiger partial charge in [0, 0.05) is 0 Å². The molecule has 0 bridgehead atoms. The van der Waals surface area contributed by atoms with Crippen LogP contribution in [0.2, 0.25) is 26.6 Å². The zero-order chi connectivity index (χ0) is 38.2. The second-order valence-corrected chi connectivity index (χ2v) is 47.8. The summed E-state index contributed by atoms with van der Waals surface area (Å²) in [6.45, 7) is 24.5. The van der Waals surface area contributed by atoms with Crippen LogP contribution in [0.1, 0.15) is 209 Å². The average Bonchev–Trinajstić information content (AvgIpc) is 3.79. The Kier molecular flexibility index (Phi) is 26.8. The molecule has 0 N–H and O–H groups in total. The van der Waals surface area contributed by atoms with Crippen LogP contribution in [0, 0.1) is 11.8 Å². The monoisotopic (exact) mass is 970 g/mol. The van der Waals surface area contributed by atoms with E-state index in [0.29, 0.717) is 0 Å². The standard InChI is InChI=1S/C24H36S2.6C4H9.2Sn/c1-5-9-11-19(7-3)17-21-13-15-25-23(21)24-22(14-16-26-24)18-20(8-4)12-10-6-2;6*1-3-4-2;;/h13-14,19-20H,5-12,17-18H2,1-4H3;6*1,3-4H2,2H3;;. The summed E-state index contributed by atoms with van der Waals surface area (Å²) in [6, 6.07) is 5.90. The molecular formula is C48H90S2Sn2. The summed E-state index contributed by atoms with van der Waals surface area (Å²) in [5.41, 5.74) is 3.61. The van der Waals surface area contributed by atoms with Crippen molar-refractivity contribution < 1.29 is 0 Å². The van der Waals surface area contributed by atoms with Crippen LogP contribution in [0.5, 0.6) is 0 Å². The van der Waals surface area contributed by atoms with Gasteiger partial charge in [0.05, 0.1) is 0 Å². The van der Waals surface area contributed by atoms with Crippen molar-refractivity contribution in [1.29, 1.82) is 0 Å². The fourth-order valence-electron chi connectivity index (χ4n) is 9.16. The molecule has 0 fully saturated rings. The molecule has 2 aromatic rings. The first-order valence-corrected chi connectivity index (χ1v) is 40.2. The molecule has 0 saturated carbocycles. The number of hydrogen-bond donors (Lipinski definition) is 0. The molecular weight excluding hydrogens is 878 g/mol. The number of unbranched alkanes of at least 4 members (excludes halogenated alkanes) is 8. The first kappa shape index (κ1) is 49.1. The topological polar surface area (TPSA) is 0 Å². The van der Waals surface area contributed by atoms with Crippen LogP contribution >= 0.6 is 22.7 Å². The Bertz CT molecular complexity index is 1030. The minimum atomic E-state index is -2.58. The van der Waals surface area contributed by atoms with Crippen LogP contribution in [-0.2, 0) is 12.8 Å². The van der Waals surface area contributed by atoms with Gasteiger partial charge in [-0.3, -0.25) is 0 Å². The Morgan fingerprint density at radius 2 is 0.673 bits per heavy atom. The Morgan fingerprint density at radius 3 is 0.904 bits per heavy atom. The SMILES string of the molecule is CCCCC(CC)Cc1c[c]([Sn]([CH2]CCC)([CH2]CCC)[CH2]CCC)sc1-c1s[c]([Sn]([CH2]CCC)([CH2]CCC)[CH2]CCC)cc1CC(CC)CCCC. The molecule has 2 heterocycles. The molecule has 2 unspecified atom stereocenters. The Hall–Kier alpha value is 0.997. The van der Waals surface area contributed by atoms with E-state index in [4.69, 9.17) is 0 Å². The number of thiophene rings is 2. The maximum absolute atomic E-state index is 2.95. The van der Waals surface area contributed by atoms with Gasteiger partial charge in [0.25, 0.3) is 0 Å². The summed E-state index contributed by atoms with van der Waals surface area (Å²) in [6.07, 6.45) is 30.6. The molecule has 0 aliphatic heterocycles. The third kappa shape index (κ3) is 15.4. The van der Waals surface area contributed by atoms with Gasteiger partial charge in [0.15, 0.2) is 0 Å². The van der Waals surface area contributed by atoms with E-state index in [-0.39, 0.29) is 0 Å². The normalized spacial score (nSPS) is 13.7. The molecule has 302 valence electrons. The van der Waals surface area contributed by atoms with Crippen molar-refractivity contribution in [3.63, 3.8) is 0 Å². The predicted molar refractivity (Wildman–Crippen MR) is 251 cm³/mol. The van der Waals surface area contributed by atoms with Gasteiger partial charge in [0.1, 0.15) is 0 Å². The Balaban J connectivity index is 2.99. The van der Waals surface area contributed by atoms with Crippen molar-refractivity contribution in [3.8, 4) is 9.75 Å². The maximum atomic E-state index is 2.95. The molecule has 4 heteroatoms. The van der Waals surface area contributed by atoms with E-state index < -0.39 is 36.8 Å². The van der Waals surface area contributed by atoms with Gasteiger partial charge >= 0.3 is 347 Å². The van der Waals surface area contributed by atoms with Gasteiger partial charge < -0.3 is 0 Å². The average molecular weight is 969 g/mol. The molecule has 2 atom stereocenters. The molecule has 0 saturated heterocycles. The van der Waals surface area contributed by atoms with Crippen molar-refractivity contribution in [1.82, 2.24) is 0 Å². The predicted octanol–water partition coefficient (Wildman–Crippen LogP) is 17.1. The molecule has 0 aliphatic rings. The van der Waals surface area contributed by atoms with Gasteiger partial charge in [-0.2, -0.15) is 0 Å². The van der Waals surface area contributed by atoms with Gasteiger partial charge in [-0.1, -0.05) is 0 Å². The first-order valence-electron chi connectivity index (χ1n) is 23.6. The number of hydrogen-bond acceptors (Lipinski definition) is 2. The van der Waals surface area contributed by atoms with E-state index >= 15 is 0 Å². The van der Waals surface area contributed by atoms with Crippen molar-refractivity contribution >= 4 is 65.2 Å². The summed E-state index contributed by atoms with van der Waals surface area (Å²) < 4.78 is 13.6. The second kappa shape index (κ2) is 28.4. The Labute approximate surface area is 344 Å². The van der Waals surface area contributed by atoms with Crippen molar-refractivity contribution in [3.05, 3.63) is 23.3 Å². The quantitative estimate of drug-likeness (QED) is 0.0626. The van der Waals surface area contributed by atoms with Crippen LogP contribution in [0.15, 0.2) is 12.1 Å². The minimum absolute atomic E-state index is 0.834. The van der Waals surface area contributed by atoms with E-state index in [9.17, 15) is 0 Å². The van der Waals surface area contributed by atoms with Crippen molar-refractivity contribution in [2.24, 2.45) is 11.8 Å². The van der Waals surface area contributed by atoms with Crippen LogP contribution in [0.4, 0.5) is 0 Å². The van der Waals surface area contributed by atoms with Gasteiger partial charge in [-0.25, -0.2) is 0 Å². The summed E-state index contributed by atoms with van der Waals surface area (Å²) in [4.78, 5) is 3.60. The molecule has 0 amide bonds. The Morgan fingerprint density at radius 1 is 0.404 bits per heavy atom. The van der Waals surface area contributed by atoms with Crippen molar-refractivity contribution in [2.45, 2.75) is 237 Å². The zero-order valence-electron chi connectivity index (χ0n) is 36.9. The third-order valence-electron chi connectivity index (χ3n) is 13.0. The van der Waals surface area contributed by atoms with E-state index in [2.05, 4.69) is 104 Å². The molecule has 0 radical (unpaired) electrons. The summed E-state index contributed by atoms with van der Waals surface area (Å²) in [5, 5.41) is 0. The van der Waals surface area contributed by atoms with Gasteiger partial charge in [-0.15, -0.1) is 0 Å². The van der Waals surface area contributed by atoms with Crippen LogP contribution in [0.3, 0.4) is 0 Å². The van der Waals surface area contributed by atoms with Crippen LogP contribution in [0.25, 0.3) is 9.75 Å². The molecule has 0 aromatic carbocycles. The molecule has 2 rings (SSSR count). The first-order chi connectivity index (χ1) is 25.3. The molecule has 52 heavy (non-hydrogen) atoms. The molecule has 0 nitrogen and oxygen atoms in total. The summed E-state index contributed by atoms with van der Waals surface area (Å²) in [7, 11) is 0. The van der Waals surface area contributed by atoms with E-state index in [1.165, 1.54) is 141 Å². The fourth-order valence-corrected chi connectivity index (χ4v) is 50.1. The summed E-state index contributed by atoms with van der Waals surface area (Å²) in [5.74, 6) is 1.67. The van der Waals surface area contributed by atoms with Gasteiger partial charge in [-0.05, 0) is 0 Å². The number of rotatable bonds is 33. The summed E-state index contributed by atoms with van der Waals surface area (Å²) >= 11 is -0.330. The third-order valence-corrected chi connectivity index (χ3v) is 52.0. The van der Waals surface area contributed by atoms with E-state index in [1.54, 1.807) is 47.5 Å². The zero-order valence-corrected chi connectivity index (χ0v) is 44.3. The molecule has 2 aromatic heterocycles. The second-order valence-electron chi connectivity index (χ2n) is 17.4. The van der Waals surface area contributed by atoms with E-state index in [0.717, 1.165) is 11.8 Å². The van der Waals surface area contributed by atoms with Crippen molar-refractivity contribution in [2.75, 3.05) is 0 Å². The van der Waals surface area contributed by atoms with Gasteiger partial charge in [0.2, 0.25) is 0 Å². The molecule has 0 spiro atoms.